The number of carbonyl (C=O) groups excluding carboxylic acids is 3. The molecule has 5 rings (SSSR count). The molecule has 166 valence electrons. The van der Waals surface area contributed by atoms with Gasteiger partial charge in [-0.25, -0.2) is 0 Å². The molecule has 8 heteroatoms. The van der Waals surface area contributed by atoms with Gasteiger partial charge in [0.25, 0.3) is 17.7 Å². The van der Waals surface area contributed by atoms with Crippen LogP contribution < -0.4 is 9.64 Å². The Hall–Kier alpha value is -3.35. The molecule has 1 fully saturated rings. The van der Waals surface area contributed by atoms with Gasteiger partial charge in [-0.15, -0.1) is 0 Å². The first-order valence-corrected chi connectivity index (χ1v) is 11.1. The van der Waals surface area contributed by atoms with E-state index >= 15 is 0 Å². The van der Waals surface area contributed by atoms with Gasteiger partial charge in [0.05, 0.1) is 23.8 Å². The van der Waals surface area contributed by atoms with E-state index in [1.54, 1.807) is 54.6 Å². The lowest BCUT2D eigenvalue weighted by Crippen LogP contribution is -2.67. The van der Waals surface area contributed by atoms with Gasteiger partial charge in [0.1, 0.15) is 11.8 Å². The number of nitrogens with zero attached hydrogens (tertiary/aromatic N) is 2. The number of anilines is 1. The minimum atomic E-state index is -0.992. The van der Waals surface area contributed by atoms with Crippen LogP contribution in [0.4, 0.5) is 5.69 Å². The van der Waals surface area contributed by atoms with E-state index in [0.29, 0.717) is 39.2 Å². The number of fused-ring (bicyclic) bond motifs is 1. The molecule has 3 amide bonds. The number of β-lactam (4-membered cyclic amide) rings is 1. The number of hydrogen-bond donors (Lipinski definition) is 0. The Bertz CT molecular complexity index is 1240. The number of rotatable bonds is 5. The van der Waals surface area contributed by atoms with Crippen molar-refractivity contribution in [1.29, 1.82) is 0 Å². The fourth-order valence-corrected chi connectivity index (χ4v) is 4.93. The van der Waals surface area contributed by atoms with Crippen LogP contribution in [0, 0.1) is 0 Å². The van der Waals surface area contributed by atoms with Crippen LogP contribution in [-0.2, 0) is 4.79 Å². The summed E-state index contributed by atoms with van der Waals surface area (Å²) < 4.78 is 5.53. The molecule has 2 aliphatic heterocycles. The van der Waals surface area contributed by atoms with Crippen molar-refractivity contribution < 1.29 is 19.1 Å². The quantitative estimate of drug-likeness (QED) is 0.374. The summed E-state index contributed by atoms with van der Waals surface area (Å²) in [5, 5.41) is 0.750. The highest BCUT2D eigenvalue weighted by atomic mass is 35.5. The molecule has 3 aromatic carbocycles. The molecule has 2 atom stereocenters. The molecule has 33 heavy (non-hydrogen) atoms. The molecule has 0 unspecified atom stereocenters. The maximum Gasteiger partial charge on any atom is 0.262 e. The molecule has 3 aromatic rings. The predicted molar refractivity (Wildman–Crippen MR) is 125 cm³/mol. The van der Waals surface area contributed by atoms with E-state index in [2.05, 4.69) is 0 Å². The number of amides is 3. The lowest BCUT2D eigenvalue weighted by Gasteiger charge is -2.49. The summed E-state index contributed by atoms with van der Waals surface area (Å²) in [6.07, 6.45) is 0. The zero-order valence-electron chi connectivity index (χ0n) is 17.5. The molecule has 0 radical (unpaired) electrons. The molecule has 0 aliphatic carbocycles. The van der Waals surface area contributed by atoms with Gasteiger partial charge < -0.3 is 9.64 Å². The third-order valence-electron chi connectivity index (χ3n) is 5.83. The minimum absolute atomic E-state index is 0.296. The van der Waals surface area contributed by atoms with Crippen molar-refractivity contribution in [2.45, 2.75) is 19.0 Å². The molecule has 2 aliphatic rings. The van der Waals surface area contributed by atoms with E-state index in [0.717, 1.165) is 10.5 Å². The molecule has 0 bridgehead atoms. The van der Waals surface area contributed by atoms with Gasteiger partial charge >= 0.3 is 0 Å². The molecule has 0 aromatic heterocycles. The van der Waals surface area contributed by atoms with Crippen molar-refractivity contribution in [3.05, 3.63) is 93.5 Å². The zero-order chi connectivity index (χ0) is 23.3. The van der Waals surface area contributed by atoms with Gasteiger partial charge in [0.2, 0.25) is 0 Å². The van der Waals surface area contributed by atoms with E-state index in [9.17, 15) is 14.4 Å². The van der Waals surface area contributed by atoms with Gasteiger partial charge in [-0.1, -0.05) is 47.5 Å². The van der Waals surface area contributed by atoms with E-state index in [1.165, 1.54) is 4.90 Å². The number of carbonyl (C=O) groups is 3. The monoisotopic (exact) mass is 480 g/mol. The summed E-state index contributed by atoms with van der Waals surface area (Å²) >= 11 is 12.4. The van der Waals surface area contributed by atoms with Crippen molar-refractivity contribution >= 4 is 46.6 Å². The fraction of sp³-hybridized carbons (Fsp3) is 0.160. The molecule has 2 heterocycles. The summed E-state index contributed by atoms with van der Waals surface area (Å²) in [4.78, 5) is 42.3. The standard InChI is InChI=1S/C25H18Cl2N2O4/c1-2-33-18-9-7-14(8-10-18)21-22(25(32)28(21)17-12-15(26)11-16(27)13-17)29-23(30)19-5-3-4-6-20(19)24(29)31/h3-13,21-22H,2H2,1H3/t21-,22+/m1/s1. The van der Waals surface area contributed by atoms with Crippen LogP contribution >= 0.6 is 23.2 Å². The number of ether oxygens (including phenoxy) is 1. The Morgan fingerprint density at radius 1 is 0.788 bits per heavy atom. The normalized spacial score (nSPS) is 19.5. The zero-order valence-corrected chi connectivity index (χ0v) is 19.0. The van der Waals surface area contributed by atoms with Crippen LogP contribution in [-0.4, -0.2) is 35.3 Å². The second-order valence-electron chi connectivity index (χ2n) is 7.75. The maximum atomic E-state index is 13.4. The van der Waals surface area contributed by atoms with Crippen LogP contribution in [0.1, 0.15) is 39.2 Å². The molecule has 0 N–H and O–H groups in total. The van der Waals surface area contributed by atoms with Gasteiger partial charge in [0, 0.05) is 15.7 Å². The summed E-state index contributed by atoms with van der Waals surface area (Å²) in [5.41, 5.74) is 1.83. The van der Waals surface area contributed by atoms with Crippen LogP contribution in [0.5, 0.6) is 5.75 Å². The van der Waals surface area contributed by atoms with Crippen molar-refractivity contribution in [3.8, 4) is 5.75 Å². The Balaban J connectivity index is 1.58. The first-order valence-electron chi connectivity index (χ1n) is 10.4. The third-order valence-corrected chi connectivity index (χ3v) is 6.27. The highest BCUT2D eigenvalue weighted by Crippen LogP contribution is 2.45. The lowest BCUT2D eigenvalue weighted by atomic mass is 9.86. The van der Waals surface area contributed by atoms with Crippen LogP contribution in [0.25, 0.3) is 0 Å². The summed E-state index contributed by atoms with van der Waals surface area (Å²) in [5.74, 6) is -0.661. The summed E-state index contributed by atoms with van der Waals surface area (Å²) in [6, 6.07) is 17.1. The Morgan fingerprint density at radius 3 is 1.91 bits per heavy atom. The van der Waals surface area contributed by atoms with Gasteiger partial charge in [-0.3, -0.25) is 19.3 Å². The Labute approximate surface area is 200 Å². The first kappa shape index (κ1) is 21.5. The molecule has 0 spiro atoms. The SMILES string of the molecule is CCOc1ccc([C@@H]2[C@H](N3C(=O)c4ccccc4C3=O)C(=O)N2c2cc(Cl)cc(Cl)c2)cc1. The van der Waals surface area contributed by atoms with E-state index in [1.807, 2.05) is 19.1 Å². The lowest BCUT2D eigenvalue weighted by molar-refractivity contribution is -0.130. The van der Waals surface area contributed by atoms with E-state index in [-0.39, 0.29) is 5.91 Å². The molecule has 0 saturated carbocycles. The van der Waals surface area contributed by atoms with Crippen molar-refractivity contribution in [1.82, 2.24) is 4.90 Å². The number of benzene rings is 3. The number of hydrogen-bond acceptors (Lipinski definition) is 4. The Morgan fingerprint density at radius 2 is 1.36 bits per heavy atom. The summed E-state index contributed by atoms with van der Waals surface area (Å²) in [7, 11) is 0. The molecular weight excluding hydrogens is 463 g/mol. The minimum Gasteiger partial charge on any atom is -0.494 e. The number of halogens is 2. The summed E-state index contributed by atoms with van der Waals surface area (Å²) in [6.45, 7) is 2.41. The highest BCUT2D eigenvalue weighted by Gasteiger charge is 2.57. The Kier molecular flexibility index (Phi) is 5.35. The van der Waals surface area contributed by atoms with Crippen LogP contribution in [0.15, 0.2) is 66.7 Å². The fourth-order valence-electron chi connectivity index (χ4n) is 4.41. The molecular formula is C25H18Cl2N2O4. The molecule has 1 saturated heterocycles. The first-order chi connectivity index (χ1) is 15.9. The van der Waals surface area contributed by atoms with E-state index < -0.39 is 23.9 Å². The van der Waals surface area contributed by atoms with Crippen LogP contribution in [0.2, 0.25) is 10.0 Å². The highest BCUT2D eigenvalue weighted by molar-refractivity contribution is 6.35. The average Bonchev–Trinajstić information content (AvgIpc) is 3.03. The van der Waals surface area contributed by atoms with Gasteiger partial charge in [0.15, 0.2) is 0 Å². The largest absolute Gasteiger partial charge is 0.494 e. The average molecular weight is 481 g/mol. The van der Waals surface area contributed by atoms with Crippen molar-refractivity contribution in [2.24, 2.45) is 0 Å². The smallest absolute Gasteiger partial charge is 0.262 e. The number of imide groups is 1. The van der Waals surface area contributed by atoms with Gasteiger partial charge in [-0.05, 0) is 55.0 Å². The molecule has 6 nitrogen and oxygen atoms in total. The van der Waals surface area contributed by atoms with Crippen molar-refractivity contribution in [3.63, 3.8) is 0 Å². The second kappa shape index (κ2) is 8.21. The van der Waals surface area contributed by atoms with Gasteiger partial charge in [-0.2, -0.15) is 0 Å². The van der Waals surface area contributed by atoms with Crippen molar-refractivity contribution in [2.75, 3.05) is 11.5 Å². The van der Waals surface area contributed by atoms with Crippen LogP contribution in [0.3, 0.4) is 0 Å². The predicted octanol–water partition coefficient (Wildman–Crippen LogP) is 5.14. The van der Waals surface area contributed by atoms with E-state index in [4.69, 9.17) is 27.9 Å². The third kappa shape index (κ3) is 3.46. The topological polar surface area (TPSA) is 66.9 Å². The second-order valence-corrected chi connectivity index (χ2v) is 8.63. The maximum absolute atomic E-state index is 13.4.